The molecule has 0 radical (unpaired) electrons. The number of rotatable bonds is 4. The number of hydrogen-bond acceptors (Lipinski definition) is 4. The lowest BCUT2D eigenvalue weighted by Gasteiger charge is -2.33. The summed E-state index contributed by atoms with van der Waals surface area (Å²) < 4.78 is 46.2. The molecule has 0 saturated carbocycles. The molecule has 0 unspecified atom stereocenters. The van der Waals surface area contributed by atoms with Gasteiger partial charge in [-0.15, -0.1) is 0 Å². The molecule has 23 heavy (non-hydrogen) atoms. The number of alkyl halides is 3. The Labute approximate surface area is 131 Å². The van der Waals surface area contributed by atoms with Crippen LogP contribution in [0.15, 0.2) is 18.3 Å². The van der Waals surface area contributed by atoms with Gasteiger partial charge in [-0.2, -0.15) is 13.2 Å². The molecule has 1 aliphatic rings. The van der Waals surface area contributed by atoms with Gasteiger partial charge in [-0.25, -0.2) is 9.78 Å². The van der Waals surface area contributed by atoms with Crippen LogP contribution in [0.2, 0.25) is 0 Å². The highest BCUT2D eigenvalue weighted by atomic mass is 19.4. The average molecular weight is 333 g/mol. The molecule has 128 valence electrons. The van der Waals surface area contributed by atoms with Crippen molar-refractivity contribution in [3.05, 3.63) is 23.9 Å². The minimum absolute atomic E-state index is 0.0214. The maximum Gasteiger partial charge on any atom is 0.422 e. The van der Waals surface area contributed by atoms with Gasteiger partial charge < -0.3 is 19.7 Å². The van der Waals surface area contributed by atoms with Crippen molar-refractivity contribution >= 4 is 6.03 Å². The zero-order valence-corrected chi connectivity index (χ0v) is 12.6. The monoisotopic (exact) mass is 333 g/mol. The lowest BCUT2D eigenvalue weighted by molar-refractivity contribution is -0.154. The van der Waals surface area contributed by atoms with E-state index in [9.17, 15) is 18.0 Å². The lowest BCUT2D eigenvalue weighted by Crippen LogP contribution is -2.51. The molecule has 0 bridgehead atoms. The van der Waals surface area contributed by atoms with Gasteiger partial charge in [0.15, 0.2) is 6.61 Å². The maximum absolute atomic E-state index is 12.1. The van der Waals surface area contributed by atoms with Crippen LogP contribution in [0.1, 0.15) is 12.5 Å². The fourth-order valence-electron chi connectivity index (χ4n) is 2.10. The van der Waals surface area contributed by atoms with Crippen LogP contribution in [0.3, 0.4) is 0 Å². The molecule has 9 heteroatoms. The second-order valence-corrected chi connectivity index (χ2v) is 5.18. The first-order valence-corrected chi connectivity index (χ1v) is 7.12. The van der Waals surface area contributed by atoms with Crippen LogP contribution >= 0.6 is 0 Å². The minimum Gasteiger partial charge on any atom is -0.468 e. The zero-order valence-electron chi connectivity index (χ0n) is 12.6. The topological polar surface area (TPSA) is 63.7 Å². The van der Waals surface area contributed by atoms with Crippen molar-refractivity contribution < 1.29 is 27.4 Å². The number of amides is 2. The summed E-state index contributed by atoms with van der Waals surface area (Å²) in [5.41, 5.74) is 0.603. The molecular formula is C14H18F3N3O3. The molecule has 1 aromatic rings. The number of aromatic nitrogens is 1. The van der Waals surface area contributed by atoms with Crippen molar-refractivity contribution in [3.8, 4) is 5.88 Å². The van der Waals surface area contributed by atoms with Gasteiger partial charge in [0.05, 0.1) is 19.3 Å². The molecule has 1 aliphatic heterocycles. The Bertz CT molecular complexity index is 539. The molecule has 1 saturated heterocycles. The van der Waals surface area contributed by atoms with E-state index in [0.717, 1.165) is 0 Å². The van der Waals surface area contributed by atoms with Gasteiger partial charge in [-0.3, -0.25) is 0 Å². The first kappa shape index (κ1) is 17.3. The van der Waals surface area contributed by atoms with E-state index < -0.39 is 12.8 Å². The van der Waals surface area contributed by atoms with Gasteiger partial charge in [0.2, 0.25) is 5.88 Å². The van der Waals surface area contributed by atoms with Crippen molar-refractivity contribution in [2.45, 2.75) is 25.7 Å². The van der Waals surface area contributed by atoms with Crippen LogP contribution in [0, 0.1) is 0 Å². The van der Waals surface area contributed by atoms with Gasteiger partial charge in [0, 0.05) is 25.4 Å². The van der Waals surface area contributed by atoms with Crippen molar-refractivity contribution in [2.24, 2.45) is 0 Å². The third-order valence-electron chi connectivity index (χ3n) is 3.26. The van der Waals surface area contributed by atoms with E-state index in [4.69, 9.17) is 4.74 Å². The van der Waals surface area contributed by atoms with Crippen LogP contribution in [-0.4, -0.2) is 54.5 Å². The normalized spacial score (nSPS) is 18.6. The summed E-state index contributed by atoms with van der Waals surface area (Å²) in [5.74, 6) is -0.131. The Morgan fingerprint density at radius 2 is 2.35 bits per heavy atom. The van der Waals surface area contributed by atoms with Crippen LogP contribution in [0.4, 0.5) is 18.0 Å². The highest BCUT2D eigenvalue weighted by molar-refractivity contribution is 5.74. The number of urea groups is 1. The van der Waals surface area contributed by atoms with E-state index in [-0.39, 0.29) is 24.5 Å². The van der Waals surface area contributed by atoms with Gasteiger partial charge >= 0.3 is 12.2 Å². The molecule has 1 aromatic heterocycles. The highest BCUT2D eigenvalue weighted by Gasteiger charge is 2.28. The van der Waals surface area contributed by atoms with Crippen LogP contribution in [0.25, 0.3) is 0 Å². The summed E-state index contributed by atoms with van der Waals surface area (Å²) in [6.45, 7) is 2.13. The Morgan fingerprint density at radius 3 is 3.04 bits per heavy atom. The summed E-state index contributed by atoms with van der Waals surface area (Å²) in [5, 5.41) is 2.72. The van der Waals surface area contributed by atoms with Gasteiger partial charge in [0.25, 0.3) is 0 Å². The SMILES string of the molecule is C[C@H]1COCCN1C(=O)NCc1ccnc(OCC(F)(F)F)c1. The molecule has 0 aliphatic carbocycles. The molecule has 0 spiro atoms. The number of carbonyl (C=O) groups is 1. The molecule has 1 fully saturated rings. The van der Waals surface area contributed by atoms with Crippen LogP contribution in [0.5, 0.6) is 5.88 Å². The van der Waals surface area contributed by atoms with Crippen molar-refractivity contribution in [3.63, 3.8) is 0 Å². The van der Waals surface area contributed by atoms with E-state index >= 15 is 0 Å². The summed E-state index contributed by atoms with van der Waals surface area (Å²) in [7, 11) is 0. The molecule has 1 N–H and O–H groups in total. The molecular weight excluding hydrogens is 315 g/mol. The summed E-state index contributed by atoms with van der Waals surface area (Å²) >= 11 is 0. The molecule has 2 rings (SSSR count). The average Bonchev–Trinajstić information content (AvgIpc) is 2.51. The fraction of sp³-hybridized carbons (Fsp3) is 0.571. The van der Waals surface area contributed by atoms with Crippen LogP contribution in [-0.2, 0) is 11.3 Å². The fourth-order valence-corrected chi connectivity index (χ4v) is 2.10. The predicted octanol–water partition coefficient (Wildman–Crippen LogP) is 1.95. The molecule has 0 aromatic carbocycles. The first-order valence-electron chi connectivity index (χ1n) is 7.12. The number of halogens is 3. The predicted molar refractivity (Wildman–Crippen MR) is 75.0 cm³/mol. The summed E-state index contributed by atoms with van der Waals surface area (Å²) in [4.78, 5) is 17.5. The molecule has 2 heterocycles. The second-order valence-electron chi connectivity index (χ2n) is 5.18. The largest absolute Gasteiger partial charge is 0.468 e. The van der Waals surface area contributed by atoms with Gasteiger partial charge in [0.1, 0.15) is 0 Å². The van der Waals surface area contributed by atoms with E-state index in [1.807, 2.05) is 6.92 Å². The number of ether oxygens (including phenoxy) is 2. The Balaban J connectivity index is 1.86. The van der Waals surface area contributed by atoms with Crippen molar-refractivity contribution in [1.29, 1.82) is 0 Å². The Kier molecular flexibility index (Phi) is 5.64. The number of pyridine rings is 1. The molecule has 2 amide bonds. The third kappa shape index (κ3) is 5.59. The highest BCUT2D eigenvalue weighted by Crippen LogP contribution is 2.17. The van der Waals surface area contributed by atoms with E-state index in [0.29, 0.717) is 25.3 Å². The smallest absolute Gasteiger partial charge is 0.422 e. The van der Waals surface area contributed by atoms with Crippen molar-refractivity contribution in [2.75, 3.05) is 26.4 Å². The first-order chi connectivity index (χ1) is 10.8. The van der Waals surface area contributed by atoms with Crippen molar-refractivity contribution in [1.82, 2.24) is 15.2 Å². The lowest BCUT2D eigenvalue weighted by atomic mass is 10.2. The Hall–Kier alpha value is -2.03. The number of carbonyl (C=O) groups excluding carboxylic acids is 1. The van der Waals surface area contributed by atoms with Gasteiger partial charge in [-0.1, -0.05) is 0 Å². The van der Waals surface area contributed by atoms with Gasteiger partial charge in [-0.05, 0) is 18.6 Å². The quantitative estimate of drug-likeness (QED) is 0.915. The van der Waals surface area contributed by atoms with E-state index in [2.05, 4.69) is 15.0 Å². The number of hydrogen-bond donors (Lipinski definition) is 1. The summed E-state index contributed by atoms with van der Waals surface area (Å²) in [6, 6.07) is 2.71. The molecule has 6 nitrogen and oxygen atoms in total. The molecule has 1 atom stereocenters. The zero-order chi connectivity index (χ0) is 16.9. The maximum atomic E-state index is 12.1. The number of nitrogens with one attached hydrogen (secondary N) is 1. The number of nitrogens with zero attached hydrogens (tertiary/aromatic N) is 2. The number of morpholine rings is 1. The van der Waals surface area contributed by atoms with Crippen LogP contribution < -0.4 is 10.1 Å². The Morgan fingerprint density at radius 1 is 1.57 bits per heavy atom. The van der Waals surface area contributed by atoms with E-state index in [1.54, 1.807) is 11.0 Å². The summed E-state index contributed by atoms with van der Waals surface area (Å²) in [6.07, 6.45) is -3.08. The minimum atomic E-state index is -4.42. The third-order valence-corrected chi connectivity index (χ3v) is 3.26. The second kappa shape index (κ2) is 7.49. The standard InChI is InChI=1S/C14H18F3N3O3/c1-10-8-22-5-4-20(10)13(21)19-7-11-2-3-18-12(6-11)23-9-14(15,16)17/h2-3,6,10H,4-5,7-9H2,1H3,(H,19,21)/t10-/m0/s1. The van der Waals surface area contributed by atoms with E-state index in [1.165, 1.54) is 12.3 Å².